The van der Waals surface area contributed by atoms with Crippen LogP contribution in [0.2, 0.25) is 1.41 Å². The zero-order valence-electron chi connectivity index (χ0n) is 4.33. The Morgan fingerprint density at radius 3 is 3.33 bits per heavy atom. The molecule has 0 fully saturated rings. The van der Waals surface area contributed by atoms with Gasteiger partial charge in [0, 0.05) is 25.2 Å². The summed E-state index contributed by atoms with van der Waals surface area (Å²) in [6.07, 6.45) is 4.89. The van der Waals surface area contributed by atoms with Gasteiger partial charge in [-0.1, -0.05) is 0 Å². The van der Waals surface area contributed by atoms with Crippen molar-refractivity contribution in [1.82, 2.24) is 5.31 Å². The minimum absolute atomic E-state index is 0.608. The lowest BCUT2D eigenvalue weighted by Crippen LogP contribution is -2.09. The fraction of sp³-hybridized carbons (Fsp3) is 0.250. The molecule has 2 nitrogen and oxygen atoms in total. The summed E-state index contributed by atoms with van der Waals surface area (Å²) in [7, 11) is 0. The molecular formula is C4H6N2. The maximum absolute atomic E-state index is 6.93. The second-order valence-electron chi connectivity index (χ2n) is 0.995. The molecule has 0 unspecified atom stereocenters. The molecule has 0 amide bonds. The first-order chi connectivity index (χ1) is 3.39. The van der Waals surface area contributed by atoms with Crippen LogP contribution in [0.4, 0.5) is 0 Å². The monoisotopic (exact) mass is 83.1 g/mol. The summed E-state index contributed by atoms with van der Waals surface area (Å²) >= 11 is 0. The predicted molar refractivity (Wildman–Crippen MR) is 25.6 cm³/mol. The fourth-order valence-corrected chi connectivity index (χ4v) is 0.302. The van der Waals surface area contributed by atoms with Gasteiger partial charge in [0.25, 0.3) is 0 Å². The number of rotatable bonds is 0. The molecule has 0 aromatic carbocycles. The molecular weight excluding hydrogens is 76.1 g/mol. The largest absolute Gasteiger partial charge is 0.385 e. The van der Waals surface area contributed by atoms with Gasteiger partial charge in [-0.15, -0.1) is 0 Å². The minimum Gasteiger partial charge on any atom is -0.385 e. The van der Waals surface area contributed by atoms with E-state index in [0.29, 0.717) is 6.54 Å². The van der Waals surface area contributed by atoms with Crippen LogP contribution < -0.4 is 5.31 Å². The van der Waals surface area contributed by atoms with E-state index in [1.54, 1.807) is 18.6 Å². The van der Waals surface area contributed by atoms with E-state index < -0.39 is 0 Å². The molecule has 0 aliphatic carbocycles. The van der Waals surface area contributed by atoms with E-state index >= 15 is 0 Å². The van der Waals surface area contributed by atoms with Gasteiger partial charge in [-0.3, -0.25) is 4.99 Å². The van der Waals surface area contributed by atoms with Gasteiger partial charge in [-0.05, 0) is 0 Å². The van der Waals surface area contributed by atoms with Crippen LogP contribution in [0.3, 0.4) is 0 Å². The van der Waals surface area contributed by atoms with E-state index in [2.05, 4.69) is 4.99 Å². The number of hydrogen-bond donors (Lipinski definition) is 1. The molecule has 0 aromatic rings. The topological polar surface area (TPSA) is 24.4 Å². The summed E-state index contributed by atoms with van der Waals surface area (Å²) in [5.74, 6) is 0. The van der Waals surface area contributed by atoms with Crippen molar-refractivity contribution in [2.75, 3.05) is 6.54 Å². The van der Waals surface area contributed by atoms with Gasteiger partial charge in [0.15, 0.2) is 1.41 Å². The second-order valence-corrected chi connectivity index (χ2v) is 0.995. The van der Waals surface area contributed by atoms with Crippen LogP contribution in [0, 0.1) is 0 Å². The summed E-state index contributed by atoms with van der Waals surface area (Å²) in [4.78, 5) is 3.76. The van der Waals surface area contributed by atoms with Crippen LogP contribution in [0.5, 0.6) is 0 Å². The van der Waals surface area contributed by atoms with E-state index in [1.165, 1.54) is 5.31 Å². The van der Waals surface area contributed by atoms with Crippen molar-refractivity contribution >= 4 is 6.21 Å². The number of nitrogens with zero attached hydrogens (tertiary/aromatic N) is 1. The Balaban J connectivity index is 2.49. The third-order valence-electron chi connectivity index (χ3n) is 0.551. The molecule has 1 aliphatic heterocycles. The molecule has 1 aliphatic rings. The summed E-state index contributed by atoms with van der Waals surface area (Å²) in [6, 6.07) is 0. The molecule has 0 atom stereocenters. The van der Waals surface area contributed by atoms with Crippen LogP contribution in [0.1, 0.15) is 0 Å². The van der Waals surface area contributed by atoms with Crippen molar-refractivity contribution in [3.8, 4) is 0 Å². The van der Waals surface area contributed by atoms with Gasteiger partial charge >= 0.3 is 0 Å². The maximum Gasteiger partial charge on any atom is 0.160 e. The van der Waals surface area contributed by atoms with Crippen molar-refractivity contribution in [3.63, 3.8) is 0 Å². The van der Waals surface area contributed by atoms with Crippen molar-refractivity contribution in [2.24, 2.45) is 4.99 Å². The Kier molecular flexibility index (Phi) is 0.638. The Morgan fingerprint density at radius 2 is 3.00 bits per heavy atom. The standard InChI is InChI=1S/C4H6N2/c1-2-6-4-3-5-1/h1-3,6H,4H2/i/hD. The zero-order valence-corrected chi connectivity index (χ0v) is 3.33. The van der Waals surface area contributed by atoms with Crippen molar-refractivity contribution in [3.05, 3.63) is 12.4 Å². The normalized spacial score (nSPS) is 21.3. The molecule has 2 heteroatoms. The lowest BCUT2D eigenvalue weighted by Gasteiger charge is -1.93. The van der Waals surface area contributed by atoms with Crippen molar-refractivity contribution in [1.29, 1.82) is 0 Å². The van der Waals surface area contributed by atoms with E-state index in [0.717, 1.165) is 0 Å². The van der Waals surface area contributed by atoms with Crippen molar-refractivity contribution in [2.45, 2.75) is 0 Å². The molecule has 6 heavy (non-hydrogen) atoms. The third-order valence-corrected chi connectivity index (χ3v) is 0.551. The average molecular weight is 83.1 g/mol. The van der Waals surface area contributed by atoms with Gasteiger partial charge in [0.2, 0.25) is 0 Å². The average Bonchev–Trinajstić information content (AvgIpc) is 1.69. The van der Waals surface area contributed by atoms with Gasteiger partial charge in [0.05, 0.1) is 0 Å². The van der Waals surface area contributed by atoms with Crippen LogP contribution in [0.25, 0.3) is 0 Å². The lowest BCUT2D eigenvalue weighted by molar-refractivity contribution is 1.01. The highest BCUT2D eigenvalue weighted by atomic mass is 14.9. The Labute approximate surface area is 38.0 Å². The van der Waals surface area contributed by atoms with Crippen LogP contribution >= 0.6 is 0 Å². The molecule has 1 heterocycles. The zero-order chi connectivity index (χ0) is 5.11. The van der Waals surface area contributed by atoms with Crippen LogP contribution in [0.15, 0.2) is 17.4 Å². The number of nitrogens with one attached hydrogen (secondary N) is 1. The van der Waals surface area contributed by atoms with E-state index in [-0.39, 0.29) is 0 Å². The number of hydrogen-bond acceptors (Lipinski definition) is 2. The highest BCUT2D eigenvalue weighted by Crippen LogP contribution is 1.73. The molecule has 0 spiro atoms. The van der Waals surface area contributed by atoms with E-state index in [4.69, 9.17) is 1.41 Å². The van der Waals surface area contributed by atoms with Gasteiger partial charge in [-0.25, -0.2) is 0 Å². The van der Waals surface area contributed by atoms with Crippen molar-refractivity contribution < 1.29 is 1.41 Å². The summed E-state index contributed by atoms with van der Waals surface area (Å²) in [6.45, 7) is 0.608. The molecule has 0 aromatic heterocycles. The summed E-state index contributed by atoms with van der Waals surface area (Å²) in [5, 5.41) is 1.31. The summed E-state index contributed by atoms with van der Waals surface area (Å²) in [5.41, 5.74) is 0. The molecule has 1 N–H and O–H groups in total. The highest BCUT2D eigenvalue weighted by molar-refractivity contribution is 5.61. The van der Waals surface area contributed by atoms with Gasteiger partial charge in [0.1, 0.15) is 0 Å². The fourth-order valence-electron chi connectivity index (χ4n) is 0.302. The molecule has 0 saturated heterocycles. The lowest BCUT2D eigenvalue weighted by atomic mass is 10.6. The molecule has 0 saturated carbocycles. The van der Waals surface area contributed by atoms with E-state index in [1.807, 2.05) is 0 Å². The molecule has 0 bridgehead atoms. The second kappa shape index (κ2) is 1.60. The van der Waals surface area contributed by atoms with E-state index in [9.17, 15) is 0 Å². The van der Waals surface area contributed by atoms with Gasteiger partial charge < -0.3 is 5.31 Å². The first-order valence-electron chi connectivity index (χ1n) is 2.28. The highest BCUT2D eigenvalue weighted by Gasteiger charge is 1.74. The predicted octanol–water partition coefficient (Wildman–Crippen LogP) is 0.132. The minimum atomic E-state index is 0.608. The first kappa shape index (κ1) is 2.39. The van der Waals surface area contributed by atoms with Crippen LogP contribution in [-0.2, 0) is 0 Å². The summed E-state index contributed by atoms with van der Waals surface area (Å²) < 4.78 is 6.93. The quantitative estimate of drug-likeness (QED) is 0.442. The molecule has 32 valence electrons. The Morgan fingerprint density at radius 1 is 2.00 bits per heavy atom. The molecule has 0 radical (unpaired) electrons. The smallest absolute Gasteiger partial charge is 0.160 e. The Bertz CT molecular complexity index is 108. The van der Waals surface area contributed by atoms with Gasteiger partial charge in [-0.2, -0.15) is 0 Å². The first-order valence-corrected chi connectivity index (χ1v) is 1.83. The van der Waals surface area contributed by atoms with Crippen LogP contribution in [-0.4, -0.2) is 12.8 Å². The maximum atomic E-state index is 6.93. The third kappa shape index (κ3) is 0.578. The Hall–Kier alpha value is -0.790. The number of aliphatic imine (C=N–C) groups is 1. The molecule has 1 rings (SSSR count). The SMILES string of the molecule is [2H]N1C=CN=CC1.